The van der Waals surface area contributed by atoms with Crippen LogP contribution in [0.1, 0.15) is 33.3 Å². The van der Waals surface area contributed by atoms with E-state index < -0.39 is 0 Å². The molecule has 0 aliphatic rings. The minimum Gasteiger partial charge on any atom is -0.295 e. The molecule has 4 nitrogen and oxygen atoms in total. The van der Waals surface area contributed by atoms with Crippen molar-refractivity contribution < 1.29 is 0 Å². The third-order valence-corrected chi connectivity index (χ3v) is 3.45. The van der Waals surface area contributed by atoms with E-state index in [1.165, 1.54) is 0 Å². The van der Waals surface area contributed by atoms with Gasteiger partial charge in [0.05, 0.1) is 5.02 Å². The van der Waals surface area contributed by atoms with Crippen molar-refractivity contribution >= 4 is 17.4 Å². The summed E-state index contributed by atoms with van der Waals surface area (Å²) in [4.78, 5) is 4.13. The summed E-state index contributed by atoms with van der Waals surface area (Å²) < 4.78 is 1.90. The third kappa shape index (κ3) is 4.34. The van der Waals surface area contributed by atoms with Gasteiger partial charge in [0, 0.05) is 31.0 Å². The molecule has 2 aromatic rings. The Balaban J connectivity index is 2.45. The fourth-order valence-electron chi connectivity index (χ4n) is 2.17. The highest BCUT2D eigenvalue weighted by molar-refractivity contribution is 6.34. The van der Waals surface area contributed by atoms with Crippen molar-refractivity contribution in [3.05, 3.63) is 53.6 Å². The Morgan fingerprint density at radius 1 is 1.32 bits per heavy atom. The van der Waals surface area contributed by atoms with Gasteiger partial charge in [0.2, 0.25) is 0 Å². The van der Waals surface area contributed by atoms with Gasteiger partial charge >= 0.3 is 0 Å². The summed E-state index contributed by atoms with van der Waals surface area (Å²) >= 11 is 6.36. The molecular weight excluding hydrogens is 296 g/mol. The SMILES string of the molecule is CCN(CC(C)(C)C)/N=C(\c1ccccc1Cl)n1ccnc1. The Labute approximate surface area is 137 Å². The minimum atomic E-state index is 0.167. The van der Waals surface area contributed by atoms with Gasteiger partial charge in [-0.2, -0.15) is 5.10 Å². The van der Waals surface area contributed by atoms with Crippen LogP contribution in [0.3, 0.4) is 0 Å². The zero-order chi connectivity index (χ0) is 16.2. The van der Waals surface area contributed by atoms with Crippen molar-refractivity contribution in [1.82, 2.24) is 14.6 Å². The van der Waals surface area contributed by atoms with Crippen LogP contribution in [0.5, 0.6) is 0 Å². The first-order valence-corrected chi connectivity index (χ1v) is 7.85. The van der Waals surface area contributed by atoms with Crippen LogP contribution >= 0.6 is 11.6 Å². The molecule has 0 spiro atoms. The van der Waals surface area contributed by atoms with Gasteiger partial charge in [-0.15, -0.1) is 0 Å². The molecule has 118 valence electrons. The molecule has 0 radical (unpaired) electrons. The first-order chi connectivity index (χ1) is 10.4. The van der Waals surface area contributed by atoms with Crippen molar-refractivity contribution in [3.8, 4) is 0 Å². The average molecular weight is 319 g/mol. The lowest BCUT2D eigenvalue weighted by atomic mass is 9.97. The summed E-state index contributed by atoms with van der Waals surface area (Å²) in [7, 11) is 0. The van der Waals surface area contributed by atoms with E-state index in [2.05, 4.69) is 37.7 Å². The van der Waals surface area contributed by atoms with E-state index in [4.69, 9.17) is 16.7 Å². The van der Waals surface area contributed by atoms with E-state index in [0.717, 1.165) is 24.5 Å². The molecule has 22 heavy (non-hydrogen) atoms. The Bertz CT molecular complexity index is 626. The number of halogens is 1. The van der Waals surface area contributed by atoms with Crippen LogP contribution in [0.4, 0.5) is 0 Å². The standard InChI is InChI=1S/C17H23ClN4/c1-5-22(12-17(2,3)4)20-16(21-11-10-19-13-21)14-8-6-7-9-15(14)18/h6-11,13H,5,12H2,1-4H3/b20-16+. The van der Waals surface area contributed by atoms with Gasteiger partial charge in [0.25, 0.3) is 0 Å². The molecule has 0 fully saturated rings. The number of hydrogen-bond acceptors (Lipinski definition) is 3. The van der Waals surface area contributed by atoms with Crippen LogP contribution in [-0.4, -0.2) is 33.5 Å². The summed E-state index contributed by atoms with van der Waals surface area (Å²) in [5, 5.41) is 7.59. The van der Waals surface area contributed by atoms with E-state index in [1.807, 2.05) is 35.0 Å². The molecule has 0 unspecified atom stereocenters. The highest BCUT2D eigenvalue weighted by Gasteiger charge is 2.17. The Hall–Kier alpha value is -1.81. The molecule has 0 bridgehead atoms. The Morgan fingerprint density at radius 2 is 2.05 bits per heavy atom. The summed E-state index contributed by atoms with van der Waals surface area (Å²) in [6, 6.07) is 7.74. The fourth-order valence-corrected chi connectivity index (χ4v) is 2.39. The number of nitrogens with zero attached hydrogens (tertiary/aromatic N) is 4. The summed E-state index contributed by atoms with van der Waals surface area (Å²) in [6.45, 7) is 10.4. The van der Waals surface area contributed by atoms with Crippen molar-refractivity contribution in [2.24, 2.45) is 10.5 Å². The van der Waals surface area contributed by atoms with Gasteiger partial charge in [0.1, 0.15) is 6.33 Å². The first-order valence-electron chi connectivity index (χ1n) is 7.47. The molecule has 1 heterocycles. The van der Waals surface area contributed by atoms with Crippen LogP contribution in [0, 0.1) is 5.41 Å². The highest BCUT2D eigenvalue weighted by Crippen LogP contribution is 2.19. The van der Waals surface area contributed by atoms with E-state index in [1.54, 1.807) is 12.5 Å². The predicted molar refractivity (Wildman–Crippen MR) is 92.3 cm³/mol. The molecule has 0 amide bonds. The normalized spacial score (nSPS) is 12.5. The van der Waals surface area contributed by atoms with Crippen LogP contribution in [0.15, 0.2) is 48.1 Å². The lowest BCUT2D eigenvalue weighted by Crippen LogP contribution is -2.31. The second kappa shape index (κ2) is 6.97. The van der Waals surface area contributed by atoms with Gasteiger partial charge < -0.3 is 0 Å². The topological polar surface area (TPSA) is 33.4 Å². The summed E-state index contributed by atoms with van der Waals surface area (Å²) in [5.74, 6) is 0.786. The second-order valence-electron chi connectivity index (χ2n) is 6.41. The first kappa shape index (κ1) is 16.6. The molecule has 5 heteroatoms. The van der Waals surface area contributed by atoms with Gasteiger partial charge in [-0.3, -0.25) is 9.58 Å². The molecule has 2 rings (SSSR count). The largest absolute Gasteiger partial charge is 0.295 e. The number of hydrazone groups is 1. The predicted octanol–water partition coefficient (Wildman–Crippen LogP) is 4.11. The van der Waals surface area contributed by atoms with Crippen LogP contribution in [0.25, 0.3) is 0 Å². The van der Waals surface area contributed by atoms with Crippen molar-refractivity contribution in [1.29, 1.82) is 0 Å². The maximum atomic E-state index is 6.36. The van der Waals surface area contributed by atoms with E-state index in [9.17, 15) is 0 Å². The van der Waals surface area contributed by atoms with E-state index in [-0.39, 0.29) is 5.41 Å². The summed E-state index contributed by atoms with van der Waals surface area (Å²) in [6.07, 6.45) is 5.37. The van der Waals surface area contributed by atoms with Gasteiger partial charge in [-0.1, -0.05) is 44.5 Å². The van der Waals surface area contributed by atoms with E-state index in [0.29, 0.717) is 5.02 Å². The Kier molecular flexibility index (Phi) is 5.24. The molecular formula is C17H23ClN4. The van der Waals surface area contributed by atoms with Gasteiger partial charge in [-0.05, 0) is 24.5 Å². The molecule has 1 aromatic carbocycles. The zero-order valence-corrected chi connectivity index (χ0v) is 14.4. The monoisotopic (exact) mass is 318 g/mol. The molecule has 0 saturated carbocycles. The average Bonchev–Trinajstić information content (AvgIpc) is 2.97. The molecule has 0 saturated heterocycles. The molecule has 0 atom stereocenters. The second-order valence-corrected chi connectivity index (χ2v) is 6.82. The van der Waals surface area contributed by atoms with Crippen molar-refractivity contribution in [2.75, 3.05) is 13.1 Å². The van der Waals surface area contributed by atoms with Gasteiger partial charge in [-0.25, -0.2) is 4.98 Å². The molecule has 0 aliphatic carbocycles. The number of aromatic nitrogens is 2. The fraction of sp³-hybridized carbons (Fsp3) is 0.412. The molecule has 1 aromatic heterocycles. The lowest BCUT2D eigenvalue weighted by molar-refractivity contribution is 0.206. The van der Waals surface area contributed by atoms with Crippen LogP contribution in [-0.2, 0) is 0 Å². The molecule has 0 aliphatic heterocycles. The van der Waals surface area contributed by atoms with Crippen molar-refractivity contribution in [3.63, 3.8) is 0 Å². The maximum absolute atomic E-state index is 6.36. The minimum absolute atomic E-state index is 0.167. The number of hydrogen-bond donors (Lipinski definition) is 0. The van der Waals surface area contributed by atoms with Crippen LogP contribution in [0.2, 0.25) is 5.02 Å². The lowest BCUT2D eigenvalue weighted by Gasteiger charge is -2.27. The smallest absolute Gasteiger partial charge is 0.166 e. The zero-order valence-electron chi connectivity index (χ0n) is 13.6. The van der Waals surface area contributed by atoms with Gasteiger partial charge in [0.15, 0.2) is 5.84 Å². The maximum Gasteiger partial charge on any atom is 0.166 e. The molecule has 0 N–H and O–H groups in total. The number of imidazole rings is 1. The third-order valence-electron chi connectivity index (χ3n) is 3.12. The number of benzene rings is 1. The van der Waals surface area contributed by atoms with E-state index >= 15 is 0 Å². The summed E-state index contributed by atoms with van der Waals surface area (Å²) in [5.41, 5.74) is 1.06. The number of rotatable bonds is 4. The Morgan fingerprint density at radius 3 is 2.59 bits per heavy atom. The highest BCUT2D eigenvalue weighted by atomic mass is 35.5. The van der Waals surface area contributed by atoms with Crippen molar-refractivity contribution in [2.45, 2.75) is 27.7 Å². The van der Waals surface area contributed by atoms with Crippen LogP contribution < -0.4 is 0 Å². The quantitative estimate of drug-likeness (QED) is 0.483.